The van der Waals surface area contributed by atoms with Crippen molar-refractivity contribution in [1.29, 1.82) is 0 Å². The van der Waals surface area contributed by atoms with Crippen molar-refractivity contribution in [1.82, 2.24) is 10.0 Å². The minimum Gasteiger partial charge on any atom is -0.490 e. The van der Waals surface area contributed by atoms with Gasteiger partial charge in [0.2, 0.25) is 11.8 Å². The van der Waals surface area contributed by atoms with E-state index in [2.05, 4.69) is 10.0 Å². The Morgan fingerprint density at radius 1 is 1.13 bits per heavy atom. The second-order valence-corrected chi connectivity index (χ2v) is 10.2. The molecule has 1 unspecified atom stereocenters. The molecular weight excluding hydrogens is 415 g/mol. The molecular formula is C24H33FN2O3S. The molecule has 3 aliphatic rings. The van der Waals surface area contributed by atoms with Gasteiger partial charge in [-0.15, -0.1) is 0 Å². The molecule has 1 aromatic rings. The van der Waals surface area contributed by atoms with E-state index in [9.17, 15) is 14.0 Å². The van der Waals surface area contributed by atoms with Crippen LogP contribution in [0, 0.1) is 17.7 Å². The van der Waals surface area contributed by atoms with Gasteiger partial charge in [-0.2, -0.15) is 0 Å². The molecule has 3 fully saturated rings. The minimum absolute atomic E-state index is 0.0114. The standard InChI is InChI=1S/C24H33FN2O3S/c25-20-10-9-19(15-21(20)30-16-17-6-7-17)24(12-13-24)27-31-14-4-2-1-3-5-18-8-11-22(28)26-23(18)29/h9-10,15,17-18,27H,1-8,11-14,16H2,(H,26,28,29). The Kier molecular flexibility index (Phi) is 7.54. The lowest BCUT2D eigenvalue weighted by Crippen LogP contribution is -2.40. The number of carbonyl (C=O) groups is 2. The third-order valence-electron chi connectivity index (χ3n) is 6.58. The van der Waals surface area contributed by atoms with Gasteiger partial charge in [-0.1, -0.05) is 37.3 Å². The summed E-state index contributed by atoms with van der Waals surface area (Å²) in [6, 6.07) is 5.30. The van der Waals surface area contributed by atoms with Gasteiger partial charge in [-0.25, -0.2) is 4.39 Å². The molecule has 2 N–H and O–H groups in total. The van der Waals surface area contributed by atoms with Crippen molar-refractivity contribution < 1.29 is 18.7 Å². The number of imide groups is 1. The number of piperidine rings is 1. The normalized spacial score (nSPS) is 22.3. The summed E-state index contributed by atoms with van der Waals surface area (Å²) in [5.74, 6) is 1.54. The fourth-order valence-corrected chi connectivity index (χ4v) is 5.15. The molecule has 170 valence electrons. The first-order valence-electron chi connectivity index (χ1n) is 11.7. The number of carbonyl (C=O) groups excluding carboxylic acids is 2. The average molecular weight is 449 g/mol. The molecule has 0 aromatic heterocycles. The predicted molar refractivity (Wildman–Crippen MR) is 120 cm³/mol. The van der Waals surface area contributed by atoms with Gasteiger partial charge in [0.25, 0.3) is 0 Å². The van der Waals surface area contributed by atoms with Gasteiger partial charge in [0.15, 0.2) is 11.6 Å². The zero-order chi connectivity index (χ0) is 21.7. The number of hydrogen-bond acceptors (Lipinski definition) is 5. The van der Waals surface area contributed by atoms with Gasteiger partial charge in [0.05, 0.1) is 12.1 Å². The summed E-state index contributed by atoms with van der Waals surface area (Å²) in [5.41, 5.74) is 1.08. The molecule has 0 radical (unpaired) electrons. The van der Waals surface area contributed by atoms with Gasteiger partial charge in [0, 0.05) is 18.1 Å². The molecule has 2 aliphatic carbocycles. The first-order chi connectivity index (χ1) is 15.1. The van der Waals surface area contributed by atoms with Crippen LogP contribution in [0.3, 0.4) is 0 Å². The maximum atomic E-state index is 14.1. The first-order valence-corrected chi connectivity index (χ1v) is 12.7. The van der Waals surface area contributed by atoms with Crippen LogP contribution >= 0.6 is 11.9 Å². The highest BCUT2D eigenvalue weighted by molar-refractivity contribution is 7.97. The number of amides is 2. The monoisotopic (exact) mass is 448 g/mol. The molecule has 0 spiro atoms. The van der Waals surface area contributed by atoms with Crippen LogP contribution in [0.5, 0.6) is 5.75 Å². The highest BCUT2D eigenvalue weighted by atomic mass is 32.2. The Hall–Kier alpha value is -1.60. The van der Waals surface area contributed by atoms with E-state index in [-0.39, 0.29) is 29.1 Å². The van der Waals surface area contributed by atoms with Crippen LogP contribution in [0.15, 0.2) is 18.2 Å². The second-order valence-electron chi connectivity index (χ2n) is 9.28. The van der Waals surface area contributed by atoms with Gasteiger partial charge >= 0.3 is 0 Å². The molecule has 2 amide bonds. The molecule has 0 bridgehead atoms. The van der Waals surface area contributed by atoms with Gasteiger partial charge in [0.1, 0.15) is 0 Å². The van der Waals surface area contributed by atoms with E-state index in [1.807, 2.05) is 12.1 Å². The van der Waals surface area contributed by atoms with Crippen LogP contribution in [-0.4, -0.2) is 24.2 Å². The number of halogens is 1. The van der Waals surface area contributed by atoms with Crippen LogP contribution in [0.1, 0.15) is 76.2 Å². The van der Waals surface area contributed by atoms with E-state index in [0.717, 1.165) is 56.3 Å². The third-order valence-corrected chi connectivity index (χ3v) is 7.60. The maximum Gasteiger partial charge on any atom is 0.229 e. The van der Waals surface area contributed by atoms with Crippen LogP contribution in [-0.2, 0) is 15.1 Å². The zero-order valence-electron chi connectivity index (χ0n) is 18.1. The average Bonchev–Trinajstić information content (AvgIpc) is 3.66. The minimum atomic E-state index is -0.273. The Balaban J connectivity index is 1.11. The Morgan fingerprint density at radius 3 is 2.68 bits per heavy atom. The van der Waals surface area contributed by atoms with Crippen molar-refractivity contribution in [2.75, 3.05) is 12.4 Å². The molecule has 2 saturated carbocycles. The number of nitrogens with one attached hydrogen (secondary N) is 2. The van der Waals surface area contributed by atoms with Crippen molar-refractivity contribution >= 4 is 23.8 Å². The lowest BCUT2D eigenvalue weighted by atomic mass is 9.92. The number of ether oxygens (including phenoxy) is 1. The third kappa shape index (κ3) is 6.45. The van der Waals surface area contributed by atoms with Crippen LogP contribution in [0.4, 0.5) is 4.39 Å². The SMILES string of the molecule is O=C1CCC(CCCCCCSNC2(c3ccc(F)c(OCC4CC4)c3)CC2)C(=O)N1. The van der Waals surface area contributed by atoms with E-state index in [0.29, 0.717) is 31.1 Å². The van der Waals surface area contributed by atoms with Gasteiger partial charge in [-0.3, -0.25) is 19.6 Å². The second kappa shape index (κ2) is 10.3. The van der Waals surface area contributed by atoms with Crippen molar-refractivity contribution in [2.45, 2.75) is 76.2 Å². The summed E-state index contributed by atoms with van der Waals surface area (Å²) in [4.78, 5) is 22.9. The smallest absolute Gasteiger partial charge is 0.229 e. The first kappa shape index (κ1) is 22.6. The van der Waals surface area contributed by atoms with Gasteiger partial charge in [-0.05, 0) is 68.6 Å². The Labute approximate surface area is 188 Å². The summed E-state index contributed by atoms with van der Waals surface area (Å²) in [6.45, 7) is 0.624. The molecule has 1 aliphatic heterocycles. The fraction of sp³-hybridized carbons (Fsp3) is 0.667. The summed E-state index contributed by atoms with van der Waals surface area (Å²) in [6.07, 6.45) is 11.0. The molecule has 1 heterocycles. The highest BCUT2D eigenvalue weighted by Crippen LogP contribution is 2.48. The van der Waals surface area contributed by atoms with E-state index < -0.39 is 0 Å². The number of benzene rings is 1. The molecule has 7 heteroatoms. The Morgan fingerprint density at radius 2 is 1.94 bits per heavy atom. The molecule has 1 saturated heterocycles. The van der Waals surface area contributed by atoms with Crippen LogP contribution in [0.2, 0.25) is 0 Å². The number of unbranched alkanes of at least 4 members (excludes halogenated alkanes) is 3. The van der Waals surface area contributed by atoms with E-state index in [4.69, 9.17) is 4.74 Å². The van der Waals surface area contributed by atoms with Crippen LogP contribution in [0.25, 0.3) is 0 Å². The van der Waals surface area contributed by atoms with E-state index >= 15 is 0 Å². The summed E-state index contributed by atoms with van der Waals surface area (Å²) in [7, 11) is 0. The van der Waals surface area contributed by atoms with Crippen LogP contribution < -0.4 is 14.8 Å². The number of rotatable bonds is 13. The van der Waals surface area contributed by atoms with Crippen molar-refractivity contribution in [3.63, 3.8) is 0 Å². The van der Waals surface area contributed by atoms with Gasteiger partial charge < -0.3 is 4.74 Å². The lowest BCUT2D eigenvalue weighted by molar-refractivity contribution is -0.136. The topological polar surface area (TPSA) is 67.4 Å². The molecule has 5 nitrogen and oxygen atoms in total. The summed E-state index contributed by atoms with van der Waals surface area (Å²) in [5, 5.41) is 2.43. The van der Waals surface area contributed by atoms with Crippen molar-refractivity contribution in [2.24, 2.45) is 11.8 Å². The number of hydrogen-bond donors (Lipinski definition) is 2. The summed E-state index contributed by atoms with van der Waals surface area (Å²) >= 11 is 1.76. The molecule has 4 rings (SSSR count). The lowest BCUT2D eigenvalue weighted by Gasteiger charge is -2.20. The fourth-order valence-electron chi connectivity index (χ4n) is 4.10. The largest absolute Gasteiger partial charge is 0.490 e. The quantitative estimate of drug-likeness (QED) is 0.257. The summed E-state index contributed by atoms with van der Waals surface area (Å²) < 4.78 is 23.4. The highest BCUT2D eigenvalue weighted by Gasteiger charge is 2.44. The Bertz CT molecular complexity index is 795. The molecule has 1 atom stereocenters. The predicted octanol–water partition coefficient (Wildman–Crippen LogP) is 4.84. The van der Waals surface area contributed by atoms with E-state index in [1.54, 1.807) is 11.9 Å². The molecule has 31 heavy (non-hydrogen) atoms. The van der Waals surface area contributed by atoms with E-state index in [1.165, 1.54) is 18.9 Å². The molecule has 1 aromatic carbocycles. The van der Waals surface area contributed by atoms with Crippen molar-refractivity contribution in [3.05, 3.63) is 29.6 Å². The zero-order valence-corrected chi connectivity index (χ0v) is 18.9. The van der Waals surface area contributed by atoms with Crippen molar-refractivity contribution in [3.8, 4) is 5.75 Å². The maximum absolute atomic E-state index is 14.1.